The van der Waals surface area contributed by atoms with Crippen LogP contribution in [-0.2, 0) is 9.59 Å². The van der Waals surface area contributed by atoms with E-state index in [0.717, 1.165) is 25.7 Å². The molecule has 1 aliphatic carbocycles. The molecule has 0 radical (unpaired) electrons. The van der Waals surface area contributed by atoms with Crippen LogP contribution in [0.5, 0.6) is 0 Å². The van der Waals surface area contributed by atoms with E-state index in [1.807, 2.05) is 0 Å². The van der Waals surface area contributed by atoms with Crippen molar-refractivity contribution >= 4 is 11.8 Å². The van der Waals surface area contributed by atoms with Gasteiger partial charge >= 0.3 is 0 Å². The van der Waals surface area contributed by atoms with Crippen LogP contribution in [0.2, 0.25) is 0 Å². The largest absolute Gasteiger partial charge is 0.391 e. The van der Waals surface area contributed by atoms with Gasteiger partial charge in [0.05, 0.1) is 12.1 Å². The van der Waals surface area contributed by atoms with Crippen molar-refractivity contribution in [3.63, 3.8) is 0 Å². The number of likely N-dealkylation sites (tertiary alicyclic amines) is 1. The molecular weight excluding hydrogens is 194 g/mol. The molecule has 0 aromatic heterocycles. The highest BCUT2D eigenvalue weighted by Gasteiger charge is 2.38. The Morgan fingerprint density at radius 3 is 2.27 bits per heavy atom. The molecule has 4 heteroatoms. The molecule has 1 N–H and O–H groups in total. The molecule has 0 aromatic rings. The van der Waals surface area contributed by atoms with Crippen molar-refractivity contribution in [2.24, 2.45) is 0 Å². The number of rotatable bonds is 1. The molecule has 2 atom stereocenters. The maximum Gasteiger partial charge on any atom is 0.230 e. The Kier molecular flexibility index (Phi) is 3.05. The summed E-state index contributed by atoms with van der Waals surface area (Å²) in [6.45, 7) is 0. The first-order valence-electron chi connectivity index (χ1n) is 5.73. The molecule has 1 saturated carbocycles. The standard InChI is InChI=1S/C11H17NO3/c13-9-5-3-1-2-4-8(9)12-10(14)6-7-11(12)15/h8-9,13H,1-7H2. The van der Waals surface area contributed by atoms with Crippen LogP contribution in [0, 0.1) is 0 Å². The summed E-state index contributed by atoms with van der Waals surface area (Å²) in [5, 5.41) is 9.90. The van der Waals surface area contributed by atoms with Gasteiger partial charge in [-0.2, -0.15) is 0 Å². The van der Waals surface area contributed by atoms with Gasteiger partial charge in [0.25, 0.3) is 0 Å². The van der Waals surface area contributed by atoms with Crippen molar-refractivity contribution in [1.29, 1.82) is 0 Å². The van der Waals surface area contributed by atoms with Gasteiger partial charge in [-0.15, -0.1) is 0 Å². The zero-order valence-corrected chi connectivity index (χ0v) is 8.82. The van der Waals surface area contributed by atoms with Crippen molar-refractivity contribution in [1.82, 2.24) is 4.90 Å². The van der Waals surface area contributed by atoms with E-state index in [4.69, 9.17) is 0 Å². The number of nitrogens with zero attached hydrogens (tertiary/aromatic N) is 1. The second-order valence-electron chi connectivity index (χ2n) is 4.43. The van der Waals surface area contributed by atoms with Crippen molar-refractivity contribution < 1.29 is 14.7 Å². The first-order valence-corrected chi connectivity index (χ1v) is 5.73. The normalized spacial score (nSPS) is 33.3. The molecule has 0 aromatic carbocycles. The Balaban J connectivity index is 2.12. The van der Waals surface area contributed by atoms with Crippen LogP contribution in [0.1, 0.15) is 44.9 Å². The van der Waals surface area contributed by atoms with E-state index >= 15 is 0 Å². The highest BCUT2D eigenvalue weighted by Crippen LogP contribution is 2.26. The maximum atomic E-state index is 11.5. The predicted molar refractivity (Wildman–Crippen MR) is 54.0 cm³/mol. The number of aliphatic hydroxyl groups is 1. The summed E-state index contributed by atoms with van der Waals surface area (Å²) < 4.78 is 0. The highest BCUT2D eigenvalue weighted by atomic mass is 16.3. The molecule has 2 unspecified atom stereocenters. The highest BCUT2D eigenvalue weighted by molar-refractivity contribution is 6.02. The molecule has 2 fully saturated rings. The van der Waals surface area contributed by atoms with Gasteiger partial charge in [-0.1, -0.05) is 19.3 Å². The third-order valence-corrected chi connectivity index (χ3v) is 3.37. The van der Waals surface area contributed by atoms with E-state index in [0.29, 0.717) is 19.3 Å². The fraction of sp³-hybridized carbons (Fsp3) is 0.818. The van der Waals surface area contributed by atoms with Gasteiger partial charge in [-0.3, -0.25) is 14.5 Å². The van der Waals surface area contributed by atoms with Crippen LogP contribution in [-0.4, -0.2) is 34.0 Å². The average Bonchev–Trinajstić information content (AvgIpc) is 2.42. The number of imide groups is 1. The molecular formula is C11H17NO3. The monoisotopic (exact) mass is 211 g/mol. The van der Waals surface area contributed by atoms with E-state index in [-0.39, 0.29) is 17.9 Å². The Bertz CT molecular complexity index is 261. The Hall–Kier alpha value is -0.900. The van der Waals surface area contributed by atoms with E-state index in [1.54, 1.807) is 0 Å². The van der Waals surface area contributed by atoms with E-state index in [2.05, 4.69) is 0 Å². The van der Waals surface area contributed by atoms with Crippen molar-refractivity contribution in [2.75, 3.05) is 0 Å². The summed E-state index contributed by atoms with van der Waals surface area (Å²) in [4.78, 5) is 24.4. The third kappa shape index (κ3) is 2.04. The Morgan fingerprint density at radius 1 is 1.00 bits per heavy atom. The minimum atomic E-state index is -0.515. The van der Waals surface area contributed by atoms with Crippen LogP contribution in [0.15, 0.2) is 0 Å². The molecule has 15 heavy (non-hydrogen) atoms. The SMILES string of the molecule is O=C1CCC(=O)N1C1CCCCCC1O. The molecule has 1 heterocycles. The lowest BCUT2D eigenvalue weighted by Crippen LogP contribution is -2.46. The quantitative estimate of drug-likeness (QED) is 0.516. The van der Waals surface area contributed by atoms with E-state index in [9.17, 15) is 14.7 Å². The number of amides is 2. The molecule has 2 rings (SSSR count). The summed E-state index contributed by atoms with van der Waals surface area (Å²) in [6, 6.07) is -0.255. The molecule has 2 aliphatic rings. The zero-order chi connectivity index (χ0) is 10.8. The van der Waals surface area contributed by atoms with Crippen molar-refractivity contribution in [3.05, 3.63) is 0 Å². The van der Waals surface area contributed by atoms with Gasteiger partial charge in [0.2, 0.25) is 11.8 Å². The van der Waals surface area contributed by atoms with E-state index < -0.39 is 6.10 Å². The van der Waals surface area contributed by atoms with Crippen LogP contribution < -0.4 is 0 Å². The second-order valence-corrected chi connectivity index (χ2v) is 4.43. The predicted octanol–water partition coefficient (Wildman–Crippen LogP) is 0.829. The first-order chi connectivity index (χ1) is 7.20. The fourth-order valence-corrected chi connectivity index (χ4v) is 2.53. The lowest BCUT2D eigenvalue weighted by atomic mass is 10.0. The molecule has 2 amide bonds. The maximum absolute atomic E-state index is 11.5. The number of hydrogen-bond acceptors (Lipinski definition) is 3. The smallest absolute Gasteiger partial charge is 0.230 e. The zero-order valence-electron chi connectivity index (χ0n) is 8.82. The molecule has 0 spiro atoms. The van der Waals surface area contributed by atoms with Crippen LogP contribution >= 0.6 is 0 Å². The molecule has 4 nitrogen and oxygen atoms in total. The minimum absolute atomic E-state index is 0.106. The lowest BCUT2D eigenvalue weighted by Gasteiger charge is -2.28. The number of aliphatic hydroxyl groups excluding tert-OH is 1. The summed E-state index contributed by atoms with van der Waals surface area (Å²) >= 11 is 0. The average molecular weight is 211 g/mol. The van der Waals surface area contributed by atoms with Gasteiger partial charge < -0.3 is 5.11 Å². The van der Waals surface area contributed by atoms with E-state index in [1.165, 1.54) is 4.90 Å². The molecule has 0 bridgehead atoms. The summed E-state index contributed by atoms with van der Waals surface area (Å²) in [5.74, 6) is -0.211. The van der Waals surface area contributed by atoms with Crippen LogP contribution in [0.3, 0.4) is 0 Å². The fourth-order valence-electron chi connectivity index (χ4n) is 2.53. The Morgan fingerprint density at radius 2 is 1.60 bits per heavy atom. The van der Waals surface area contributed by atoms with Crippen LogP contribution in [0.25, 0.3) is 0 Å². The summed E-state index contributed by atoms with van der Waals surface area (Å²) in [5.41, 5.74) is 0. The van der Waals surface area contributed by atoms with Gasteiger partial charge in [0.1, 0.15) is 0 Å². The van der Waals surface area contributed by atoms with Crippen molar-refractivity contribution in [3.8, 4) is 0 Å². The van der Waals surface area contributed by atoms with Crippen molar-refractivity contribution in [2.45, 2.75) is 57.1 Å². The summed E-state index contributed by atoms with van der Waals surface area (Å²) in [7, 11) is 0. The number of carbonyl (C=O) groups is 2. The number of hydrogen-bond donors (Lipinski definition) is 1. The lowest BCUT2D eigenvalue weighted by molar-refractivity contribution is -0.144. The van der Waals surface area contributed by atoms with Gasteiger partial charge in [-0.05, 0) is 12.8 Å². The third-order valence-electron chi connectivity index (χ3n) is 3.37. The molecule has 1 saturated heterocycles. The van der Waals surface area contributed by atoms with Gasteiger partial charge in [-0.25, -0.2) is 0 Å². The topological polar surface area (TPSA) is 57.6 Å². The van der Waals surface area contributed by atoms with Gasteiger partial charge in [0.15, 0.2) is 0 Å². The summed E-state index contributed by atoms with van der Waals surface area (Å²) in [6.07, 6.45) is 4.68. The first kappa shape index (κ1) is 10.6. The molecule has 84 valence electrons. The van der Waals surface area contributed by atoms with Crippen LogP contribution in [0.4, 0.5) is 0 Å². The minimum Gasteiger partial charge on any atom is -0.391 e. The molecule has 1 aliphatic heterocycles. The second kappa shape index (κ2) is 4.31. The Labute approximate surface area is 89.3 Å². The number of carbonyl (C=O) groups excluding carboxylic acids is 2. The van der Waals surface area contributed by atoms with Gasteiger partial charge in [0, 0.05) is 12.8 Å².